The van der Waals surface area contributed by atoms with Gasteiger partial charge in [0.1, 0.15) is 0 Å². The zero-order valence-corrected chi connectivity index (χ0v) is 19.1. The Kier molecular flexibility index (Phi) is 12.2. The molecule has 0 aliphatic carbocycles. The van der Waals surface area contributed by atoms with Crippen LogP contribution in [0.4, 0.5) is 0 Å². The Morgan fingerprint density at radius 3 is 1.11 bits per heavy atom. The summed E-state index contributed by atoms with van der Waals surface area (Å²) in [4.78, 5) is 36.9. The monoisotopic (exact) mass is 542 g/mol. The predicted molar refractivity (Wildman–Crippen MR) is 115 cm³/mol. The van der Waals surface area contributed by atoms with Crippen LogP contribution in [0, 0.1) is 0 Å². The van der Waals surface area contributed by atoms with Gasteiger partial charge in [0, 0.05) is 39.3 Å². The molecular weight excluding hydrogens is 523 g/mol. The zero-order chi connectivity index (χ0) is 19.7. The molecule has 27 heavy (non-hydrogen) atoms. The van der Waals surface area contributed by atoms with E-state index in [1.54, 1.807) is 38.1 Å². The molecule has 146 valence electrons. The summed E-state index contributed by atoms with van der Waals surface area (Å²) >= 11 is 6.60. The summed E-state index contributed by atoms with van der Waals surface area (Å²) in [6.45, 7) is 3.13. The number of ketones is 4. The summed E-state index contributed by atoms with van der Waals surface area (Å²) in [5.74, 6) is 0.792. The van der Waals surface area contributed by atoms with Gasteiger partial charge in [0.2, 0.25) is 0 Å². The summed E-state index contributed by atoms with van der Waals surface area (Å²) in [5.41, 5.74) is 1.47. The molecule has 2 aromatic rings. The molecule has 7 heteroatoms. The van der Waals surface area contributed by atoms with E-state index in [4.69, 9.17) is 9.59 Å². The van der Waals surface area contributed by atoms with E-state index in [1.807, 2.05) is 24.3 Å². The Morgan fingerprint density at radius 2 is 0.889 bits per heavy atom. The van der Waals surface area contributed by atoms with Crippen molar-refractivity contribution in [1.82, 2.24) is 0 Å². The van der Waals surface area contributed by atoms with Crippen LogP contribution >= 0.6 is 31.9 Å². The number of halogens is 2. The summed E-state index contributed by atoms with van der Waals surface area (Å²) in [6.07, 6.45) is 0.420. The SMILES string of the molecule is CC(=[OH+])CC(=[OH+])c1ccc(Br)cc1.CC(=[OH+])CC(=[OH+])c1ccc(Br)cc1.[Ni]. The van der Waals surface area contributed by atoms with Crippen molar-refractivity contribution in [3.05, 3.63) is 68.6 Å². The first-order valence-corrected chi connectivity index (χ1v) is 9.42. The van der Waals surface area contributed by atoms with Crippen LogP contribution in [0.15, 0.2) is 57.5 Å². The van der Waals surface area contributed by atoms with E-state index in [0.717, 1.165) is 20.1 Å². The van der Waals surface area contributed by atoms with Crippen LogP contribution in [0.1, 0.15) is 37.8 Å². The third-order valence-electron chi connectivity index (χ3n) is 3.20. The molecule has 0 bridgehead atoms. The second kappa shape index (κ2) is 12.9. The third kappa shape index (κ3) is 10.5. The smallest absolute Gasteiger partial charge is 0.283 e. The van der Waals surface area contributed by atoms with Crippen LogP contribution in [0.25, 0.3) is 0 Å². The van der Waals surface area contributed by atoms with E-state index in [-0.39, 0.29) is 52.5 Å². The van der Waals surface area contributed by atoms with Crippen molar-refractivity contribution in [2.45, 2.75) is 26.7 Å². The fourth-order valence-electron chi connectivity index (χ4n) is 1.97. The normalized spacial score (nSPS) is 9.33. The van der Waals surface area contributed by atoms with Gasteiger partial charge in [0.05, 0.1) is 11.1 Å². The molecule has 0 radical (unpaired) electrons. The second-order valence-electron chi connectivity index (χ2n) is 5.73. The van der Waals surface area contributed by atoms with Crippen LogP contribution in [-0.2, 0) is 16.5 Å². The standard InChI is InChI=1S/2C10H9BrO2.Ni/c2*1-7(12)6-10(13)8-2-4-9(11)5-3-8;/h2*2-5H,6H2,1H3;/p+4. The minimum atomic E-state index is 0. The fourth-order valence-corrected chi connectivity index (χ4v) is 2.50. The Morgan fingerprint density at radius 1 is 0.630 bits per heavy atom. The van der Waals surface area contributed by atoms with Gasteiger partial charge in [-0.15, -0.1) is 0 Å². The molecular formula is C20H22Br2NiO4+4. The van der Waals surface area contributed by atoms with Crippen LogP contribution in [0.3, 0.4) is 0 Å². The maximum Gasteiger partial charge on any atom is 0.336 e. The minimum absolute atomic E-state index is 0. The van der Waals surface area contributed by atoms with Gasteiger partial charge in [0.15, 0.2) is 12.8 Å². The molecule has 0 aromatic heterocycles. The third-order valence-corrected chi connectivity index (χ3v) is 4.26. The average Bonchev–Trinajstić information content (AvgIpc) is 2.55. The summed E-state index contributed by atoms with van der Waals surface area (Å²) < 4.78 is 1.93. The molecule has 4 nitrogen and oxygen atoms in total. The van der Waals surface area contributed by atoms with Gasteiger partial charge in [-0.1, -0.05) is 31.9 Å². The number of benzene rings is 2. The molecule has 0 unspecified atom stereocenters. The molecule has 0 saturated carbocycles. The van der Waals surface area contributed by atoms with Crippen molar-refractivity contribution in [1.29, 1.82) is 0 Å². The molecule has 2 rings (SSSR count). The Hall–Kier alpha value is -1.43. The molecule has 0 fully saturated rings. The summed E-state index contributed by atoms with van der Waals surface area (Å²) in [7, 11) is 0. The van der Waals surface area contributed by atoms with Gasteiger partial charge in [-0.2, -0.15) is 0 Å². The van der Waals surface area contributed by atoms with E-state index >= 15 is 0 Å². The van der Waals surface area contributed by atoms with Gasteiger partial charge in [-0.3, -0.25) is 19.2 Å². The molecule has 2 aromatic carbocycles. The van der Waals surface area contributed by atoms with Crippen LogP contribution in [0.5, 0.6) is 0 Å². The molecule has 4 N–H and O–H groups in total. The number of hydrogen-bond acceptors (Lipinski definition) is 0. The van der Waals surface area contributed by atoms with Gasteiger partial charge in [0.25, 0.3) is 0 Å². The molecule has 0 aliphatic heterocycles. The zero-order valence-electron chi connectivity index (χ0n) is 14.9. The van der Waals surface area contributed by atoms with Crippen molar-refractivity contribution in [2.24, 2.45) is 0 Å². The molecule has 0 heterocycles. The quantitative estimate of drug-likeness (QED) is 0.220. The van der Waals surface area contributed by atoms with E-state index < -0.39 is 0 Å². The van der Waals surface area contributed by atoms with Crippen LogP contribution < -0.4 is 0 Å². The van der Waals surface area contributed by atoms with Gasteiger partial charge in [-0.05, 0) is 48.5 Å². The number of rotatable bonds is 6. The first-order chi connectivity index (χ1) is 12.2. The maximum atomic E-state index is 9.50. The topological polar surface area (TPSA) is 85.6 Å². The van der Waals surface area contributed by atoms with Gasteiger partial charge >= 0.3 is 23.1 Å². The predicted octanol–water partition coefficient (Wildman–Crippen LogP) is 4.59. The van der Waals surface area contributed by atoms with Crippen LogP contribution in [0.2, 0.25) is 0 Å². The Balaban J connectivity index is 0.000000483. The van der Waals surface area contributed by atoms with Crippen molar-refractivity contribution in [3.63, 3.8) is 0 Å². The molecule has 0 amide bonds. The number of carbonyl (C=O) groups excluding carboxylic acids is 4. The molecule has 0 atom stereocenters. The van der Waals surface area contributed by atoms with Crippen molar-refractivity contribution < 1.29 is 35.7 Å². The summed E-state index contributed by atoms with van der Waals surface area (Å²) in [6, 6.07) is 14.6. The van der Waals surface area contributed by atoms with E-state index in [9.17, 15) is 9.59 Å². The average molecular weight is 545 g/mol. The maximum absolute atomic E-state index is 9.50. The summed E-state index contributed by atoms with van der Waals surface area (Å²) in [5, 5.41) is 0. The second-order valence-corrected chi connectivity index (χ2v) is 7.56. The first-order valence-electron chi connectivity index (χ1n) is 7.83. The van der Waals surface area contributed by atoms with Crippen molar-refractivity contribution >= 4 is 55.0 Å². The first kappa shape index (κ1) is 25.6. The van der Waals surface area contributed by atoms with E-state index in [0.29, 0.717) is 0 Å². The largest absolute Gasteiger partial charge is 0.336 e. The number of hydrogen-bond donors (Lipinski definition) is 0. The van der Waals surface area contributed by atoms with Gasteiger partial charge in [-0.25, -0.2) is 0 Å². The Labute approximate surface area is 185 Å². The van der Waals surface area contributed by atoms with Gasteiger partial charge < -0.3 is 0 Å². The molecule has 0 aliphatic rings. The Bertz CT molecular complexity index is 730. The fraction of sp³-hybridized carbons (Fsp3) is 0.200. The van der Waals surface area contributed by atoms with E-state index in [1.165, 1.54) is 0 Å². The van der Waals surface area contributed by atoms with Crippen LogP contribution in [-0.4, -0.2) is 42.3 Å². The molecule has 0 spiro atoms. The van der Waals surface area contributed by atoms with Crippen molar-refractivity contribution in [2.75, 3.05) is 0 Å². The van der Waals surface area contributed by atoms with Crippen molar-refractivity contribution in [3.8, 4) is 0 Å². The minimum Gasteiger partial charge on any atom is -0.283 e. The van der Waals surface area contributed by atoms with E-state index in [2.05, 4.69) is 31.9 Å². The molecule has 0 saturated heterocycles.